The largest absolute Gasteiger partial charge is 0.459 e. The lowest BCUT2D eigenvalue weighted by atomic mass is 10.3. The Morgan fingerprint density at radius 2 is 2.33 bits per heavy atom. The molecule has 0 aliphatic carbocycles. The number of nitrogens with zero attached hydrogens (tertiary/aromatic N) is 4. The van der Waals surface area contributed by atoms with Gasteiger partial charge in [0.15, 0.2) is 0 Å². The van der Waals surface area contributed by atoms with Crippen molar-refractivity contribution in [1.82, 2.24) is 19.7 Å². The van der Waals surface area contributed by atoms with Crippen LogP contribution in [0.3, 0.4) is 0 Å². The molecule has 0 aliphatic rings. The van der Waals surface area contributed by atoms with E-state index in [9.17, 15) is 9.18 Å². The molecule has 2 N–H and O–H groups in total. The molecule has 0 aromatic carbocycles. The maximum Gasteiger partial charge on any atom is 0.328 e. The Morgan fingerprint density at radius 1 is 1.50 bits per heavy atom. The van der Waals surface area contributed by atoms with Gasteiger partial charge in [0.25, 0.3) is 0 Å². The summed E-state index contributed by atoms with van der Waals surface area (Å²) in [4.78, 5) is 18.7. The van der Waals surface area contributed by atoms with E-state index in [1.165, 1.54) is 23.3 Å². The Morgan fingerprint density at radius 3 is 3.00 bits per heavy atom. The molecule has 0 bridgehead atoms. The average molecular weight is 251 g/mol. The lowest BCUT2D eigenvalue weighted by Gasteiger charge is -2.04. The van der Waals surface area contributed by atoms with Crippen molar-refractivity contribution in [2.45, 2.75) is 13.2 Å². The van der Waals surface area contributed by atoms with E-state index in [0.29, 0.717) is 5.56 Å². The van der Waals surface area contributed by atoms with Crippen molar-refractivity contribution < 1.29 is 13.9 Å². The summed E-state index contributed by atoms with van der Waals surface area (Å²) in [6.45, 7) is -0.152. The molecule has 0 atom stereocenters. The molecular formula is C10H10FN5O2. The van der Waals surface area contributed by atoms with Gasteiger partial charge in [-0.15, -0.1) is 5.10 Å². The van der Waals surface area contributed by atoms with Crippen LogP contribution in [0.15, 0.2) is 24.8 Å². The normalized spacial score (nSPS) is 10.3. The van der Waals surface area contributed by atoms with Crippen molar-refractivity contribution in [2.24, 2.45) is 0 Å². The number of nitrogen functional groups attached to an aromatic ring is 1. The van der Waals surface area contributed by atoms with Crippen LogP contribution >= 0.6 is 0 Å². The summed E-state index contributed by atoms with van der Waals surface area (Å²) in [5.74, 6) is -0.922. The van der Waals surface area contributed by atoms with Gasteiger partial charge in [0.1, 0.15) is 25.3 Å². The standard InChI is InChI=1S/C10H10FN5O2/c11-8-1-7(2-13-3-8)5-18-9(17)4-16-6-14-10(12)15-16/h1-3,6H,4-5H2,(H2,12,15). The molecule has 0 saturated heterocycles. The average Bonchev–Trinajstić information content (AvgIpc) is 2.72. The molecule has 18 heavy (non-hydrogen) atoms. The summed E-state index contributed by atoms with van der Waals surface area (Å²) in [7, 11) is 0. The highest BCUT2D eigenvalue weighted by atomic mass is 19.1. The minimum absolute atomic E-state index is 0.0478. The first kappa shape index (κ1) is 12.0. The van der Waals surface area contributed by atoms with Crippen LogP contribution in [0.4, 0.5) is 10.3 Å². The van der Waals surface area contributed by atoms with E-state index in [2.05, 4.69) is 15.1 Å². The lowest BCUT2D eigenvalue weighted by Crippen LogP contribution is -2.14. The maximum atomic E-state index is 12.8. The van der Waals surface area contributed by atoms with E-state index in [4.69, 9.17) is 10.5 Å². The quantitative estimate of drug-likeness (QED) is 0.776. The predicted octanol–water partition coefficient (Wildman–Crippen LogP) is 0.138. The zero-order valence-corrected chi connectivity index (χ0v) is 9.28. The highest BCUT2D eigenvalue weighted by Crippen LogP contribution is 2.03. The molecule has 2 aromatic heterocycles. The van der Waals surface area contributed by atoms with E-state index in [1.54, 1.807) is 0 Å². The van der Waals surface area contributed by atoms with Crippen molar-refractivity contribution >= 4 is 11.9 Å². The molecule has 8 heteroatoms. The number of anilines is 1. The van der Waals surface area contributed by atoms with E-state index >= 15 is 0 Å². The van der Waals surface area contributed by atoms with Crippen LogP contribution in [0.1, 0.15) is 5.56 Å². The maximum absolute atomic E-state index is 12.8. The second kappa shape index (κ2) is 5.21. The summed E-state index contributed by atoms with van der Waals surface area (Å²) >= 11 is 0. The second-order valence-corrected chi connectivity index (χ2v) is 3.47. The van der Waals surface area contributed by atoms with Crippen molar-refractivity contribution in [1.29, 1.82) is 0 Å². The molecule has 0 radical (unpaired) electrons. The Kier molecular flexibility index (Phi) is 3.46. The van der Waals surface area contributed by atoms with Crippen LogP contribution in [0.2, 0.25) is 0 Å². The smallest absolute Gasteiger partial charge is 0.328 e. The third-order valence-corrected chi connectivity index (χ3v) is 2.01. The monoisotopic (exact) mass is 251 g/mol. The van der Waals surface area contributed by atoms with Gasteiger partial charge in [-0.2, -0.15) is 0 Å². The van der Waals surface area contributed by atoms with Crippen LogP contribution in [0.5, 0.6) is 0 Å². The Hall–Kier alpha value is -2.51. The number of hydrogen-bond acceptors (Lipinski definition) is 6. The molecule has 2 heterocycles. The highest BCUT2D eigenvalue weighted by molar-refractivity contribution is 5.69. The first-order valence-corrected chi connectivity index (χ1v) is 5.03. The molecule has 2 aromatic rings. The van der Waals surface area contributed by atoms with Gasteiger partial charge in [0.05, 0.1) is 6.20 Å². The van der Waals surface area contributed by atoms with Crippen molar-refractivity contribution in [2.75, 3.05) is 5.73 Å². The zero-order chi connectivity index (χ0) is 13.0. The van der Waals surface area contributed by atoms with E-state index < -0.39 is 11.8 Å². The van der Waals surface area contributed by atoms with Gasteiger partial charge in [-0.25, -0.2) is 14.1 Å². The molecule has 0 amide bonds. The van der Waals surface area contributed by atoms with Gasteiger partial charge in [-0.1, -0.05) is 0 Å². The number of aromatic nitrogens is 4. The number of pyridine rings is 1. The number of ether oxygens (including phenoxy) is 1. The van der Waals surface area contributed by atoms with Crippen LogP contribution < -0.4 is 5.73 Å². The van der Waals surface area contributed by atoms with E-state index in [1.807, 2.05) is 0 Å². The zero-order valence-electron chi connectivity index (χ0n) is 9.28. The number of esters is 1. The Labute approximate surface area is 101 Å². The van der Waals surface area contributed by atoms with Gasteiger partial charge in [0.2, 0.25) is 5.95 Å². The van der Waals surface area contributed by atoms with Crippen LogP contribution in [-0.4, -0.2) is 25.7 Å². The number of halogens is 1. The van der Waals surface area contributed by atoms with Crippen molar-refractivity contribution in [3.63, 3.8) is 0 Å². The number of hydrogen-bond donors (Lipinski definition) is 1. The first-order valence-electron chi connectivity index (χ1n) is 5.03. The molecular weight excluding hydrogens is 241 g/mol. The van der Waals surface area contributed by atoms with Crippen molar-refractivity contribution in [3.05, 3.63) is 36.2 Å². The summed E-state index contributed by atoms with van der Waals surface area (Å²) in [5, 5.41) is 3.73. The topological polar surface area (TPSA) is 95.9 Å². The molecule has 0 spiro atoms. The Bertz CT molecular complexity index is 557. The van der Waals surface area contributed by atoms with Crippen LogP contribution in [0, 0.1) is 5.82 Å². The SMILES string of the molecule is Nc1ncn(CC(=O)OCc2cncc(F)c2)n1. The van der Waals surface area contributed by atoms with Gasteiger partial charge in [-0.05, 0) is 6.07 Å². The number of carbonyl (C=O) groups is 1. The molecule has 0 fully saturated rings. The summed E-state index contributed by atoms with van der Waals surface area (Å²) < 4.78 is 19.0. The summed E-state index contributed by atoms with van der Waals surface area (Å²) in [5.41, 5.74) is 5.76. The fourth-order valence-electron chi connectivity index (χ4n) is 1.26. The molecule has 7 nitrogen and oxygen atoms in total. The molecule has 0 saturated carbocycles. The lowest BCUT2D eigenvalue weighted by molar-refractivity contribution is -0.145. The van der Waals surface area contributed by atoms with Crippen LogP contribution in [-0.2, 0) is 22.7 Å². The Balaban J connectivity index is 1.85. The van der Waals surface area contributed by atoms with Gasteiger partial charge < -0.3 is 10.5 Å². The third kappa shape index (κ3) is 3.24. The van der Waals surface area contributed by atoms with Gasteiger partial charge >= 0.3 is 5.97 Å². The number of carbonyl (C=O) groups excluding carboxylic acids is 1. The second-order valence-electron chi connectivity index (χ2n) is 3.47. The summed E-state index contributed by atoms with van der Waals surface area (Å²) in [6, 6.07) is 1.24. The predicted molar refractivity (Wildman–Crippen MR) is 58.4 cm³/mol. The minimum Gasteiger partial charge on any atom is -0.459 e. The van der Waals surface area contributed by atoms with Gasteiger partial charge in [-0.3, -0.25) is 9.78 Å². The first-order chi connectivity index (χ1) is 8.63. The van der Waals surface area contributed by atoms with E-state index in [-0.39, 0.29) is 19.1 Å². The number of rotatable bonds is 4. The fraction of sp³-hybridized carbons (Fsp3) is 0.200. The highest BCUT2D eigenvalue weighted by Gasteiger charge is 2.07. The van der Waals surface area contributed by atoms with Crippen LogP contribution in [0.25, 0.3) is 0 Å². The fourth-order valence-corrected chi connectivity index (χ4v) is 1.26. The third-order valence-electron chi connectivity index (χ3n) is 2.01. The molecule has 2 rings (SSSR count). The van der Waals surface area contributed by atoms with Gasteiger partial charge in [0, 0.05) is 11.8 Å². The minimum atomic E-state index is -0.524. The summed E-state index contributed by atoms with van der Waals surface area (Å²) in [6.07, 6.45) is 3.81. The molecule has 94 valence electrons. The molecule has 0 aliphatic heterocycles. The van der Waals surface area contributed by atoms with Crippen molar-refractivity contribution in [3.8, 4) is 0 Å². The number of nitrogens with two attached hydrogens (primary N) is 1. The van der Waals surface area contributed by atoms with E-state index in [0.717, 1.165) is 6.20 Å². The molecule has 0 unspecified atom stereocenters.